The van der Waals surface area contributed by atoms with Crippen LogP contribution in [0.25, 0.3) is 0 Å². The van der Waals surface area contributed by atoms with Gasteiger partial charge in [0.25, 0.3) is 0 Å². The summed E-state index contributed by atoms with van der Waals surface area (Å²) >= 11 is 17.0. The van der Waals surface area contributed by atoms with E-state index in [-0.39, 0.29) is 15.8 Å². The van der Waals surface area contributed by atoms with Crippen LogP contribution in [-0.4, -0.2) is 10.5 Å². The zero-order valence-electron chi connectivity index (χ0n) is 6.97. The summed E-state index contributed by atoms with van der Waals surface area (Å²) in [6.45, 7) is 0. The molecule has 0 heterocycles. The van der Waals surface area contributed by atoms with Crippen molar-refractivity contribution in [2.24, 2.45) is 0 Å². The quantitative estimate of drug-likeness (QED) is 0.818. The maximum atomic E-state index is 9.26. The van der Waals surface area contributed by atoms with Gasteiger partial charge in [-0.15, -0.1) is 11.6 Å². The molecule has 1 rings (SSSR count). The average molecular weight is 251 g/mol. The summed E-state index contributed by atoms with van der Waals surface area (Å²) in [7, 11) is 0. The van der Waals surface area contributed by atoms with Crippen molar-refractivity contribution >= 4 is 34.8 Å². The van der Waals surface area contributed by atoms with Gasteiger partial charge >= 0.3 is 0 Å². The topological polar surface area (TPSA) is 44.0 Å². The second kappa shape index (κ2) is 4.75. The lowest BCUT2D eigenvalue weighted by atomic mass is 10.1. The third kappa shape index (κ3) is 2.68. The Morgan fingerprint density at radius 3 is 2.29 bits per heavy atom. The number of halogens is 3. The van der Waals surface area contributed by atoms with Gasteiger partial charge < -0.3 is 5.11 Å². The molecule has 0 aliphatic carbocycles. The molecule has 5 heteroatoms. The zero-order valence-corrected chi connectivity index (χ0v) is 9.24. The lowest BCUT2D eigenvalue weighted by Crippen LogP contribution is -1.99. The van der Waals surface area contributed by atoms with Crippen molar-refractivity contribution in [1.29, 1.82) is 5.26 Å². The van der Waals surface area contributed by atoms with Crippen molar-refractivity contribution in [1.82, 2.24) is 0 Å². The van der Waals surface area contributed by atoms with Crippen LogP contribution in [0.15, 0.2) is 12.1 Å². The molecule has 74 valence electrons. The smallest absolute Gasteiger partial charge is 0.152 e. The second-order valence-electron chi connectivity index (χ2n) is 2.71. The fraction of sp³-hybridized carbons (Fsp3) is 0.222. The van der Waals surface area contributed by atoms with Crippen molar-refractivity contribution < 1.29 is 5.11 Å². The highest BCUT2D eigenvalue weighted by atomic mass is 35.5. The van der Waals surface area contributed by atoms with E-state index in [0.29, 0.717) is 6.42 Å². The molecule has 1 unspecified atom stereocenters. The van der Waals surface area contributed by atoms with Gasteiger partial charge in [0, 0.05) is 6.42 Å². The van der Waals surface area contributed by atoms with Crippen LogP contribution in [0.2, 0.25) is 10.0 Å². The number of nitriles is 1. The number of hydrogen-bond donors (Lipinski definition) is 1. The second-order valence-corrected chi connectivity index (χ2v) is 4.05. The first-order chi connectivity index (χ1) is 6.54. The summed E-state index contributed by atoms with van der Waals surface area (Å²) in [6, 6.07) is 4.96. The van der Waals surface area contributed by atoms with Gasteiger partial charge in [-0.3, -0.25) is 0 Å². The standard InChI is InChI=1S/C9H6Cl3NO/c10-6(4-13)1-5-2-7(11)9(14)8(12)3-5/h2-3,6,14H,1H2. The van der Waals surface area contributed by atoms with E-state index in [2.05, 4.69) is 0 Å². The molecule has 0 aromatic heterocycles. The number of alkyl halides is 1. The van der Waals surface area contributed by atoms with Crippen LogP contribution in [0.4, 0.5) is 0 Å². The van der Waals surface area contributed by atoms with E-state index in [0.717, 1.165) is 5.56 Å². The van der Waals surface area contributed by atoms with Crippen LogP contribution in [-0.2, 0) is 6.42 Å². The van der Waals surface area contributed by atoms with E-state index < -0.39 is 5.38 Å². The van der Waals surface area contributed by atoms with Crippen molar-refractivity contribution in [2.75, 3.05) is 0 Å². The maximum absolute atomic E-state index is 9.26. The molecule has 14 heavy (non-hydrogen) atoms. The lowest BCUT2D eigenvalue weighted by molar-refractivity contribution is 0.475. The van der Waals surface area contributed by atoms with Crippen LogP contribution in [0.3, 0.4) is 0 Å². The van der Waals surface area contributed by atoms with E-state index >= 15 is 0 Å². The zero-order chi connectivity index (χ0) is 10.7. The van der Waals surface area contributed by atoms with E-state index in [1.165, 1.54) is 12.1 Å². The van der Waals surface area contributed by atoms with Gasteiger partial charge in [-0.2, -0.15) is 5.26 Å². The Morgan fingerprint density at radius 1 is 1.36 bits per heavy atom. The highest BCUT2D eigenvalue weighted by Crippen LogP contribution is 2.33. The number of hydrogen-bond acceptors (Lipinski definition) is 2. The molecule has 2 nitrogen and oxygen atoms in total. The van der Waals surface area contributed by atoms with Crippen molar-refractivity contribution in [2.45, 2.75) is 11.8 Å². The first kappa shape index (κ1) is 11.5. The van der Waals surface area contributed by atoms with Gasteiger partial charge in [0.05, 0.1) is 16.1 Å². The van der Waals surface area contributed by atoms with Crippen molar-refractivity contribution in [3.8, 4) is 11.8 Å². The summed E-state index contributed by atoms with van der Waals surface area (Å²) < 4.78 is 0. The number of aromatic hydroxyl groups is 1. The molecule has 0 aliphatic heterocycles. The predicted octanol–water partition coefficient (Wildman–Crippen LogP) is 3.37. The minimum Gasteiger partial charge on any atom is -0.505 e. The monoisotopic (exact) mass is 249 g/mol. The molecule has 1 aromatic rings. The summed E-state index contributed by atoms with van der Waals surface area (Å²) in [5.74, 6) is -0.153. The Kier molecular flexibility index (Phi) is 3.88. The molecule has 0 spiro atoms. The SMILES string of the molecule is N#CC(Cl)Cc1cc(Cl)c(O)c(Cl)c1. The minimum absolute atomic E-state index is 0.153. The van der Waals surface area contributed by atoms with Crippen molar-refractivity contribution in [3.05, 3.63) is 27.7 Å². The van der Waals surface area contributed by atoms with Crippen molar-refractivity contribution in [3.63, 3.8) is 0 Å². The first-order valence-electron chi connectivity index (χ1n) is 3.75. The van der Waals surface area contributed by atoms with Crippen LogP contribution < -0.4 is 0 Å². The molecule has 1 atom stereocenters. The Hall–Kier alpha value is -0.620. The van der Waals surface area contributed by atoms with Crippen LogP contribution in [0, 0.1) is 11.3 Å². The normalized spacial score (nSPS) is 12.1. The first-order valence-corrected chi connectivity index (χ1v) is 4.94. The molecule has 0 fully saturated rings. The number of nitrogens with zero attached hydrogens (tertiary/aromatic N) is 1. The summed E-state index contributed by atoms with van der Waals surface area (Å²) in [6.07, 6.45) is 0.345. The fourth-order valence-electron chi connectivity index (χ4n) is 0.988. The summed E-state index contributed by atoms with van der Waals surface area (Å²) in [5.41, 5.74) is 0.722. The molecule has 0 aliphatic rings. The number of phenols is 1. The van der Waals surface area contributed by atoms with Gasteiger partial charge in [-0.1, -0.05) is 23.2 Å². The minimum atomic E-state index is -0.619. The Labute approximate surface area is 96.6 Å². The maximum Gasteiger partial charge on any atom is 0.152 e. The van der Waals surface area contributed by atoms with Gasteiger partial charge in [-0.25, -0.2) is 0 Å². The Morgan fingerprint density at radius 2 is 1.86 bits per heavy atom. The Bertz CT molecular complexity index is 363. The third-order valence-electron chi connectivity index (χ3n) is 1.63. The lowest BCUT2D eigenvalue weighted by Gasteiger charge is -2.05. The molecule has 1 N–H and O–H groups in total. The van der Waals surface area contributed by atoms with Gasteiger partial charge in [-0.05, 0) is 17.7 Å². The third-order valence-corrected chi connectivity index (χ3v) is 2.46. The van der Waals surface area contributed by atoms with Crippen LogP contribution in [0.5, 0.6) is 5.75 Å². The number of phenolic OH excluding ortho intramolecular Hbond substituents is 1. The number of benzene rings is 1. The molecular weight excluding hydrogens is 244 g/mol. The van der Waals surface area contributed by atoms with E-state index in [1.807, 2.05) is 6.07 Å². The predicted molar refractivity (Wildman–Crippen MR) is 57.1 cm³/mol. The molecule has 0 bridgehead atoms. The number of rotatable bonds is 2. The largest absolute Gasteiger partial charge is 0.505 e. The van der Waals surface area contributed by atoms with E-state index in [4.69, 9.17) is 40.1 Å². The fourth-order valence-corrected chi connectivity index (χ4v) is 1.70. The average Bonchev–Trinajstić information content (AvgIpc) is 2.14. The van der Waals surface area contributed by atoms with E-state index in [9.17, 15) is 5.11 Å². The summed E-state index contributed by atoms with van der Waals surface area (Å²) in [5, 5.41) is 17.5. The molecule has 1 aromatic carbocycles. The van der Waals surface area contributed by atoms with Crippen LogP contribution in [0.1, 0.15) is 5.56 Å². The highest BCUT2D eigenvalue weighted by molar-refractivity contribution is 6.37. The molecular formula is C9H6Cl3NO. The molecule has 0 amide bonds. The van der Waals surface area contributed by atoms with E-state index in [1.54, 1.807) is 0 Å². The summed E-state index contributed by atoms with van der Waals surface area (Å²) in [4.78, 5) is 0. The van der Waals surface area contributed by atoms with Crippen LogP contribution >= 0.6 is 34.8 Å². The Balaban J connectivity index is 2.97. The van der Waals surface area contributed by atoms with Gasteiger partial charge in [0.1, 0.15) is 5.38 Å². The van der Waals surface area contributed by atoms with Gasteiger partial charge in [0.15, 0.2) is 5.75 Å². The molecule has 0 saturated carbocycles. The van der Waals surface area contributed by atoms with Gasteiger partial charge in [0.2, 0.25) is 0 Å². The highest BCUT2D eigenvalue weighted by Gasteiger charge is 2.09. The molecule has 0 radical (unpaired) electrons. The molecule has 0 saturated heterocycles.